The number of benzene rings is 2. The van der Waals surface area contributed by atoms with Crippen LogP contribution in [0.3, 0.4) is 0 Å². The van der Waals surface area contributed by atoms with Crippen molar-refractivity contribution in [2.24, 2.45) is 11.5 Å². The molecular formula is C27H30N2O8. The number of esters is 2. The van der Waals surface area contributed by atoms with E-state index in [1.807, 2.05) is 0 Å². The molecule has 0 saturated carbocycles. The van der Waals surface area contributed by atoms with Crippen molar-refractivity contribution < 1.29 is 38.4 Å². The Kier molecular flexibility index (Phi) is 10.6. The second kappa shape index (κ2) is 13.6. The summed E-state index contributed by atoms with van der Waals surface area (Å²) in [6.45, 7) is 3.01. The first-order valence-corrected chi connectivity index (χ1v) is 11.2. The highest BCUT2D eigenvalue weighted by atomic mass is 16.6. The molecule has 2 rings (SSSR count). The second-order valence-electron chi connectivity index (χ2n) is 7.88. The molecule has 0 unspecified atom stereocenters. The van der Waals surface area contributed by atoms with Gasteiger partial charge in [-0.25, -0.2) is 9.59 Å². The largest absolute Gasteiger partial charge is 0.508 e. The molecule has 2 atom stereocenters. The van der Waals surface area contributed by atoms with Gasteiger partial charge in [-0.1, -0.05) is 24.3 Å². The number of allylic oxidation sites excluding steroid dienone is 3. The normalized spacial score (nSPS) is 13.3. The average Bonchev–Trinajstić information content (AvgIpc) is 2.87. The van der Waals surface area contributed by atoms with Gasteiger partial charge in [0.2, 0.25) is 0 Å². The van der Waals surface area contributed by atoms with Gasteiger partial charge in [0.05, 0.1) is 14.2 Å². The van der Waals surface area contributed by atoms with Gasteiger partial charge in [0.1, 0.15) is 17.8 Å². The number of carbonyl (C=O) groups is 3. The average molecular weight is 511 g/mol. The molecule has 0 aromatic heterocycles. The predicted octanol–water partition coefficient (Wildman–Crippen LogP) is 2.95. The van der Waals surface area contributed by atoms with Crippen molar-refractivity contribution in [1.82, 2.24) is 0 Å². The van der Waals surface area contributed by atoms with Crippen molar-refractivity contribution >= 4 is 29.9 Å². The van der Waals surface area contributed by atoms with E-state index >= 15 is 0 Å². The molecule has 5 N–H and O–H groups in total. The van der Waals surface area contributed by atoms with Crippen LogP contribution in [0.4, 0.5) is 0 Å². The highest BCUT2D eigenvalue weighted by molar-refractivity contribution is 6.02. The Labute approximate surface area is 214 Å². The first-order chi connectivity index (χ1) is 17.5. The molecule has 0 heterocycles. The van der Waals surface area contributed by atoms with Crippen LogP contribution in [0.5, 0.6) is 23.0 Å². The molecule has 0 radical (unpaired) electrons. The molecule has 37 heavy (non-hydrogen) atoms. The third-order valence-electron chi connectivity index (χ3n) is 4.72. The minimum atomic E-state index is -0.790. The van der Waals surface area contributed by atoms with Crippen LogP contribution < -0.4 is 30.4 Å². The van der Waals surface area contributed by atoms with Gasteiger partial charge in [-0.15, -0.1) is 0 Å². The van der Waals surface area contributed by atoms with Gasteiger partial charge in [-0.2, -0.15) is 0 Å². The lowest BCUT2D eigenvalue weighted by atomic mass is 10.1. The lowest BCUT2D eigenvalue weighted by Gasteiger charge is -2.11. The maximum absolute atomic E-state index is 12.2. The van der Waals surface area contributed by atoms with E-state index in [2.05, 4.69) is 0 Å². The standard InChI is InChI=1S/C27H30N2O8/c1-16(28)26(32)36-22-11-7-18(13-24(22)34-3)5-9-20(30)15-21(31)10-6-19-8-12-23(25(14-19)35-4)37-27(33)17(2)29/h5-17,30H,28-29H2,1-4H3/b9-5+,10-6+,20-15-/t16-,17-/m0/s1. The van der Waals surface area contributed by atoms with Gasteiger partial charge in [-0.05, 0) is 61.4 Å². The number of methoxy groups -OCH3 is 2. The summed E-state index contributed by atoms with van der Waals surface area (Å²) < 4.78 is 20.8. The zero-order valence-corrected chi connectivity index (χ0v) is 21.0. The molecule has 10 heteroatoms. The van der Waals surface area contributed by atoms with Crippen molar-refractivity contribution in [2.75, 3.05) is 14.2 Å². The van der Waals surface area contributed by atoms with E-state index < -0.39 is 29.8 Å². The van der Waals surface area contributed by atoms with Crippen LogP contribution in [0.1, 0.15) is 25.0 Å². The van der Waals surface area contributed by atoms with Crippen LogP contribution >= 0.6 is 0 Å². The van der Waals surface area contributed by atoms with Crippen LogP contribution in [-0.4, -0.2) is 49.1 Å². The van der Waals surface area contributed by atoms with Crippen molar-refractivity contribution in [1.29, 1.82) is 0 Å². The number of nitrogens with two attached hydrogens (primary N) is 2. The maximum atomic E-state index is 12.2. The fourth-order valence-corrected chi connectivity index (χ4v) is 2.75. The fraction of sp³-hybridized carbons (Fsp3) is 0.222. The number of rotatable bonds is 11. The molecule has 196 valence electrons. The zero-order valence-electron chi connectivity index (χ0n) is 21.0. The number of ether oxygens (including phenoxy) is 4. The van der Waals surface area contributed by atoms with Crippen molar-refractivity contribution in [3.8, 4) is 23.0 Å². The quantitative estimate of drug-likeness (QED) is 0.135. The van der Waals surface area contributed by atoms with Gasteiger partial charge in [0, 0.05) is 6.08 Å². The van der Waals surface area contributed by atoms with E-state index in [1.165, 1.54) is 58.4 Å². The molecule has 2 aromatic rings. The van der Waals surface area contributed by atoms with Gasteiger partial charge >= 0.3 is 11.9 Å². The van der Waals surface area contributed by atoms with Crippen LogP contribution in [0, 0.1) is 0 Å². The zero-order chi connectivity index (χ0) is 27.5. The molecule has 0 saturated heterocycles. The fourth-order valence-electron chi connectivity index (χ4n) is 2.75. The Hall–Kier alpha value is -4.41. The molecule has 0 bridgehead atoms. The topological polar surface area (TPSA) is 160 Å². The summed E-state index contributed by atoms with van der Waals surface area (Å²) >= 11 is 0. The van der Waals surface area contributed by atoms with E-state index in [0.29, 0.717) is 22.6 Å². The minimum absolute atomic E-state index is 0.202. The van der Waals surface area contributed by atoms with Gasteiger partial charge in [0.15, 0.2) is 28.8 Å². The highest BCUT2D eigenvalue weighted by Gasteiger charge is 2.15. The van der Waals surface area contributed by atoms with Crippen LogP contribution in [0.15, 0.2) is 60.4 Å². The van der Waals surface area contributed by atoms with Gasteiger partial charge in [-0.3, -0.25) is 4.79 Å². The Morgan fingerprint density at radius 2 is 1.19 bits per heavy atom. The molecule has 0 aliphatic rings. The van der Waals surface area contributed by atoms with Gasteiger partial charge < -0.3 is 35.5 Å². The number of hydrogen-bond donors (Lipinski definition) is 3. The number of ketones is 1. The first-order valence-electron chi connectivity index (χ1n) is 11.2. The van der Waals surface area contributed by atoms with Crippen LogP contribution in [0.25, 0.3) is 12.2 Å². The molecule has 0 aliphatic carbocycles. The van der Waals surface area contributed by atoms with Crippen LogP contribution in [-0.2, 0) is 14.4 Å². The lowest BCUT2D eigenvalue weighted by molar-refractivity contribution is -0.136. The lowest BCUT2D eigenvalue weighted by Crippen LogP contribution is -2.30. The van der Waals surface area contributed by atoms with Crippen LogP contribution in [0.2, 0.25) is 0 Å². The van der Waals surface area contributed by atoms with Crippen molar-refractivity contribution in [3.63, 3.8) is 0 Å². The molecular weight excluding hydrogens is 480 g/mol. The third-order valence-corrected chi connectivity index (χ3v) is 4.72. The number of carbonyl (C=O) groups excluding carboxylic acids is 3. The molecule has 10 nitrogen and oxygen atoms in total. The Bertz CT molecular complexity index is 1230. The SMILES string of the molecule is COc1cc(/C=C/C(=O)/C=C(O)/C=C/c2ccc(OC(=O)[C@H](C)N)c(OC)c2)ccc1OC(=O)[C@H](C)N. The molecule has 0 aliphatic heterocycles. The Morgan fingerprint density at radius 3 is 1.59 bits per heavy atom. The minimum Gasteiger partial charge on any atom is -0.508 e. The second-order valence-corrected chi connectivity index (χ2v) is 7.88. The summed E-state index contributed by atoms with van der Waals surface area (Å²) in [5.41, 5.74) is 12.2. The molecule has 0 amide bonds. The van der Waals surface area contributed by atoms with Crippen molar-refractivity contribution in [3.05, 3.63) is 71.5 Å². The summed E-state index contributed by atoms with van der Waals surface area (Å²) in [5, 5.41) is 10.1. The highest BCUT2D eigenvalue weighted by Crippen LogP contribution is 2.30. The van der Waals surface area contributed by atoms with Crippen molar-refractivity contribution in [2.45, 2.75) is 25.9 Å². The molecule has 0 spiro atoms. The summed E-state index contributed by atoms with van der Waals surface area (Å²) in [5.74, 6) is -0.962. The summed E-state index contributed by atoms with van der Waals surface area (Å²) in [7, 11) is 2.84. The Morgan fingerprint density at radius 1 is 0.757 bits per heavy atom. The third kappa shape index (κ3) is 8.95. The van der Waals surface area contributed by atoms with E-state index in [-0.39, 0.29) is 17.3 Å². The number of aliphatic hydroxyl groups is 1. The maximum Gasteiger partial charge on any atom is 0.328 e. The summed E-state index contributed by atoms with van der Waals surface area (Å²) in [6, 6.07) is 7.92. The first kappa shape index (κ1) is 28.8. The summed E-state index contributed by atoms with van der Waals surface area (Å²) in [4.78, 5) is 35.7. The van der Waals surface area contributed by atoms with E-state index in [9.17, 15) is 19.5 Å². The van der Waals surface area contributed by atoms with E-state index in [0.717, 1.165) is 6.08 Å². The number of hydrogen-bond acceptors (Lipinski definition) is 10. The molecule has 0 fully saturated rings. The van der Waals surface area contributed by atoms with E-state index in [1.54, 1.807) is 30.3 Å². The predicted molar refractivity (Wildman–Crippen MR) is 138 cm³/mol. The van der Waals surface area contributed by atoms with Gasteiger partial charge in [0.25, 0.3) is 0 Å². The molecule has 2 aromatic carbocycles. The smallest absolute Gasteiger partial charge is 0.328 e. The summed E-state index contributed by atoms with van der Waals surface area (Å²) in [6.07, 6.45) is 6.70. The van der Waals surface area contributed by atoms with E-state index in [4.69, 9.17) is 30.4 Å². The number of aliphatic hydroxyl groups excluding tert-OH is 1. The Balaban J connectivity index is 2.08. The monoisotopic (exact) mass is 510 g/mol.